The first kappa shape index (κ1) is 10.6. The molecule has 1 heterocycles. The molecule has 0 unspecified atom stereocenters. The second-order valence-corrected chi connectivity index (χ2v) is 5.37. The van der Waals surface area contributed by atoms with Crippen LogP contribution in [-0.2, 0) is 11.3 Å². The highest BCUT2D eigenvalue weighted by molar-refractivity contribution is 7.11. The van der Waals surface area contributed by atoms with Gasteiger partial charge in [0.15, 0.2) is 0 Å². The fraction of sp³-hybridized carbons (Fsp3) is 0.636. The molecule has 3 nitrogen and oxygen atoms in total. The van der Waals surface area contributed by atoms with Crippen molar-refractivity contribution in [2.45, 2.75) is 39.7 Å². The van der Waals surface area contributed by atoms with Crippen molar-refractivity contribution in [3.8, 4) is 0 Å². The molecule has 1 aliphatic rings. The number of aromatic nitrogens is 1. The molecule has 0 atom stereocenters. The van der Waals surface area contributed by atoms with E-state index in [1.54, 1.807) is 11.3 Å². The number of hydrogen-bond acceptors (Lipinski definition) is 3. The van der Waals surface area contributed by atoms with Gasteiger partial charge in [-0.2, -0.15) is 0 Å². The van der Waals surface area contributed by atoms with Gasteiger partial charge in [-0.3, -0.25) is 4.79 Å². The first-order valence-electron chi connectivity index (χ1n) is 5.37. The third-order valence-electron chi connectivity index (χ3n) is 2.90. The summed E-state index contributed by atoms with van der Waals surface area (Å²) in [4.78, 5) is 17.1. The molecule has 0 spiro atoms. The third-order valence-corrected chi connectivity index (χ3v) is 3.97. The van der Waals surface area contributed by atoms with E-state index < -0.39 is 0 Å². The molecule has 0 bridgehead atoms. The summed E-state index contributed by atoms with van der Waals surface area (Å²) in [6.07, 6.45) is 3.33. The number of nitrogens with one attached hydrogen (secondary N) is 1. The molecule has 1 aromatic rings. The van der Waals surface area contributed by atoms with Crippen LogP contribution in [0.2, 0.25) is 0 Å². The van der Waals surface area contributed by atoms with E-state index in [0.717, 1.165) is 23.5 Å². The van der Waals surface area contributed by atoms with Crippen LogP contribution in [0.4, 0.5) is 0 Å². The van der Waals surface area contributed by atoms with Crippen molar-refractivity contribution in [1.82, 2.24) is 10.3 Å². The third kappa shape index (κ3) is 2.37. The van der Waals surface area contributed by atoms with E-state index in [4.69, 9.17) is 0 Å². The summed E-state index contributed by atoms with van der Waals surface area (Å²) in [6, 6.07) is 0. The maximum absolute atomic E-state index is 11.6. The molecule has 0 aromatic carbocycles. The molecule has 0 radical (unpaired) electrons. The highest BCUT2D eigenvalue weighted by Crippen LogP contribution is 2.26. The molecule has 1 aliphatic carbocycles. The lowest BCUT2D eigenvalue weighted by atomic mass is 9.85. The van der Waals surface area contributed by atoms with Crippen molar-refractivity contribution in [3.05, 3.63) is 15.6 Å². The Labute approximate surface area is 93.9 Å². The summed E-state index contributed by atoms with van der Waals surface area (Å²) >= 11 is 1.67. The SMILES string of the molecule is Cc1nc(C)c(CNC(=O)C2CCC2)s1. The highest BCUT2D eigenvalue weighted by atomic mass is 32.1. The Morgan fingerprint density at radius 1 is 1.53 bits per heavy atom. The topological polar surface area (TPSA) is 42.0 Å². The Balaban J connectivity index is 1.87. The van der Waals surface area contributed by atoms with Crippen LogP contribution in [0.3, 0.4) is 0 Å². The van der Waals surface area contributed by atoms with Crippen LogP contribution in [0.1, 0.15) is 34.8 Å². The smallest absolute Gasteiger partial charge is 0.223 e. The van der Waals surface area contributed by atoms with Crippen LogP contribution in [-0.4, -0.2) is 10.9 Å². The Bertz CT molecular complexity index is 369. The normalized spacial score (nSPS) is 16.1. The molecule has 1 N–H and O–H groups in total. The van der Waals surface area contributed by atoms with Crippen molar-refractivity contribution < 1.29 is 4.79 Å². The van der Waals surface area contributed by atoms with E-state index in [9.17, 15) is 4.79 Å². The molecule has 15 heavy (non-hydrogen) atoms. The number of thiazole rings is 1. The number of carbonyl (C=O) groups is 1. The van der Waals surface area contributed by atoms with Crippen LogP contribution in [0.15, 0.2) is 0 Å². The summed E-state index contributed by atoms with van der Waals surface area (Å²) < 4.78 is 0. The summed E-state index contributed by atoms with van der Waals surface area (Å²) in [5, 5.41) is 4.06. The number of aryl methyl sites for hydroxylation is 2. The lowest BCUT2D eigenvalue weighted by Crippen LogP contribution is -2.33. The standard InChI is InChI=1S/C11H16N2OS/c1-7-10(15-8(2)13-7)6-12-11(14)9-4-3-5-9/h9H,3-6H2,1-2H3,(H,12,14). The van der Waals surface area contributed by atoms with Crippen molar-refractivity contribution in [1.29, 1.82) is 0 Å². The summed E-state index contributed by atoms with van der Waals surface area (Å²) in [5.74, 6) is 0.492. The minimum absolute atomic E-state index is 0.215. The second-order valence-electron chi connectivity index (χ2n) is 4.09. The molecule has 0 saturated heterocycles. The first-order chi connectivity index (χ1) is 7.16. The van der Waals surface area contributed by atoms with Gasteiger partial charge in [0.05, 0.1) is 17.2 Å². The summed E-state index contributed by atoms with van der Waals surface area (Å²) in [6.45, 7) is 4.63. The molecule has 82 valence electrons. The van der Waals surface area contributed by atoms with Gasteiger partial charge in [-0.15, -0.1) is 11.3 Å². The number of hydrogen-bond donors (Lipinski definition) is 1. The molecule has 4 heteroatoms. The lowest BCUT2D eigenvalue weighted by Gasteiger charge is -2.23. The minimum Gasteiger partial charge on any atom is -0.351 e. The Hall–Kier alpha value is -0.900. The summed E-state index contributed by atoms with van der Waals surface area (Å²) in [5.41, 5.74) is 1.05. The molecule has 1 amide bonds. The molecule has 0 aliphatic heterocycles. The van der Waals surface area contributed by atoms with Gasteiger partial charge in [0.25, 0.3) is 0 Å². The van der Waals surface area contributed by atoms with Gasteiger partial charge in [-0.25, -0.2) is 4.98 Å². The zero-order valence-electron chi connectivity index (χ0n) is 9.17. The fourth-order valence-electron chi connectivity index (χ4n) is 1.72. The van der Waals surface area contributed by atoms with Gasteiger partial charge >= 0.3 is 0 Å². The lowest BCUT2D eigenvalue weighted by molar-refractivity contribution is -0.127. The number of amides is 1. The Morgan fingerprint density at radius 3 is 2.73 bits per heavy atom. The maximum atomic E-state index is 11.6. The Morgan fingerprint density at radius 2 is 2.27 bits per heavy atom. The predicted octanol–water partition coefficient (Wildman–Crippen LogP) is 2.18. The maximum Gasteiger partial charge on any atom is 0.223 e. The van der Waals surface area contributed by atoms with Gasteiger partial charge in [-0.1, -0.05) is 6.42 Å². The molecule has 1 aromatic heterocycles. The van der Waals surface area contributed by atoms with Crippen LogP contribution in [0.5, 0.6) is 0 Å². The van der Waals surface area contributed by atoms with Crippen molar-refractivity contribution >= 4 is 17.2 Å². The largest absolute Gasteiger partial charge is 0.351 e. The zero-order chi connectivity index (χ0) is 10.8. The second kappa shape index (κ2) is 4.31. The summed E-state index contributed by atoms with van der Waals surface area (Å²) in [7, 11) is 0. The first-order valence-corrected chi connectivity index (χ1v) is 6.19. The van der Waals surface area contributed by atoms with E-state index >= 15 is 0 Å². The van der Waals surface area contributed by atoms with Gasteiger partial charge in [0.1, 0.15) is 0 Å². The molecular weight excluding hydrogens is 208 g/mol. The van der Waals surface area contributed by atoms with Crippen molar-refractivity contribution in [2.24, 2.45) is 5.92 Å². The molecule has 2 rings (SSSR count). The van der Waals surface area contributed by atoms with E-state index in [2.05, 4.69) is 10.3 Å². The predicted molar refractivity (Wildman–Crippen MR) is 60.8 cm³/mol. The van der Waals surface area contributed by atoms with E-state index in [-0.39, 0.29) is 11.8 Å². The van der Waals surface area contributed by atoms with Crippen LogP contribution >= 0.6 is 11.3 Å². The van der Waals surface area contributed by atoms with Crippen LogP contribution in [0, 0.1) is 19.8 Å². The zero-order valence-corrected chi connectivity index (χ0v) is 9.99. The molecule has 1 fully saturated rings. The minimum atomic E-state index is 0.215. The number of rotatable bonds is 3. The molecular formula is C11H16N2OS. The van der Waals surface area contributed by atoms with Gasteiger partial charge < -0.3 is 5.32 Å². The monoisotopic (exact) mass is 224 g/mol. The van der Waals surface area contributed by atoms with Gasteiger partial charge in [-0.05, 0) is 26.7 Å². The van der Waals surface area contributed by atoms with Gasteiger partial charge in [0.2, 0.25) is 5.91 Å². The van der Waals surface area contributed by atoms with Gasteiger partial charge in [0, 0.05) is 10.8 Å². The van der Waals surface area contributed by atoms with E-state index in [1.165, 1.54) is 11.3 Å². The van der Waals surface area contributed by atoms with Crippen LogP contribution in [0.25, 0.3) is 0 Å². The molecule has 1 saturated carbocycles. The quantitative estimate of drug-likeness (QED) is 0.855. The van der Waals surface area contributed by atoms with Crippen molar-refractivity contribution in [3.63, 3.8) is 0 Å². The average Bonchev–Trinajstić information content (AvgIpc) is 2.38. The highest BCUT2D eigenvalue weighted by Gasteiger charge is 2.24. The van der Waals surface area contributed by atoms with E-state index in [0.29, 0.717) is 6.54 Å². The Kier molecular flexibility index (Phi) is 3.05. The fourth-order valence-corrected chi connectivity index (χ4v) is 2.60. The average molecular weight is 224 g/mol. The van der Waals surface area contributed by atoms with E-state index in [1.807, 2.05) is 13.8 Å². The van der Waals surface area contributed by atoms with Crippen LogP contribution < -0.4 is 5.32 Å². The number of nitrogens with zero attached hydrogens (tertiary/aromatic N) is 1. The number of carbonyl (C=O) groups excluding carboxylic acids is 1. The van der Waals surface area contributed by atoms with Crippen molar-refractivity contribution in [2.75, 3.05) is 0 Å².